The molecular formula is C16H26F3N3O. The van der Waals surface area contributed by atoms with E-state index in [9.17, 15) is 18.3 Å². The van der Waals surface area contributed by atoms with E-state index in [0.717, 1.165) is 19.3 Å². The number of aryl methyl sites for hydroxylation is 1. The van der Waals surface area contributed by atoms with E-state index in [-0.39, 0.29) is 18.4 Å². The Morgan fingerprint density at radius 2 is 2.04 bits per heavy atom. The summed E-state index contributed by atoms with van der Waals surface area (Å²) >= 11 is 0. The zero-order chi connectivity index (χ0) is 17.3. The Bertz CT molecular complexity index is 517. The molecule has 0 saturated heterocycles. The van der Waals surface area contributed by atoms with Crippen LogP contribution in [0.4, 0.5) is 13.2 Å². The molecule has 1 fully saturated rings. The quantitative estimate of drug-likeness (QED) is 0.871. The highest BCUT2D eigenvalue weighted by Crippen LogP contribution is 2.40. The molecule has 2 N–H and O–H groups in total. The zero-order valence-electron chi connectivity index (χ0n) is 13.9. The topological polar surface area (TPSA) is 50.1 Å². The van der Waals surface area contributed by atoms with Crippen LogP contribution in [0.3, 0.4) is 0 Å². The Hall–Kier alpha value is -1.08. The fourth-order valence-corrected chi connectivity index (χ4v) is 3.55. The van der Waals surface area contributed by atoms with E-state index in [1.165, 1.54) is 24.0 Å². The molecule has 1 aliphatic rings. The van der Waals surface area contributed by atoms with Crippen LogP contribution in [0.1, 0.15) is 45.4 Å². The van der Waals surface area contributed by atoms with E-state index >= 15 is 0 Å². The minimum absolute atomic E-state index is 0.103. The van der Waals surface area contributed by atoms with Crippen LogP contribution >= 0.6 is 0 Å². The number of hydrogen-bond donors (Lipinski definition) is 2. The molecule has 2 rings (SSSR count). The average molecular weight is 333 g/mol. The van der Waals surface area contributed by atoms with Crippen molar-refractivity contribution < 1.29 is 18.3 Å². The van der Waals surface area contributed by atoms with Gasteiger partial charge in [-0.3, -0.25) is 0 Å². The predicted octanol–water partition coefficient (Wildman–Crippen LogP) is 2.97. The van der Waals surface area contributed by atoms with Crippen LogP contribution in [0.15, 0.2) is 12.4 Å². The molecule has 1 aliphatic carbocycles. The lowest BCUT2D eigenvalue weighted by molar-refractivity contribution is -0.272. The second-order valence-corrected chi connectivity index (χ2v) is 6.93. The third-order valence-electron chi connectivity index (χ3n) is 4.98. The summed E-state index contributed by atoms with van der Waals surface area (Å²) in [6.45, 7) is 4.44. The molecule has 1 aromatic heterocycles. The molecule has 132 valence electrons. The Kier molecular flexibility index (Phi) is 5.41. The molecule has 1 heterocycles. The van der Waals surface area contributed by atoms with Gasteiger partial charge in [0.2, 0.25) is 5.60 Å². The number of halogens is 3. The van der Waals surface area contributed by atoms with Crippen molar-refractivity contribution in [2.75, 3.05) is 6.54 Å². The number of rotatable bonds is 5. The molecule has 0 amide bonds. The van der Waals surface area contributed by atoms with Crippen LogP contribution in [-0.4, -0.2) is 33.4 Å². The van der Waals surface area contributed by atoms with Gasteiger partial charge in [0.25, 0.3) is 0 Å². The van der Waals surface area contributed by atoms with Gasteiger partial charge in [-0.15, -0.1) is 0 Å². The van der Waals surface area contributed by atoms with Crippen molar-refractivity contribution in [3.63, 3.8) is 0 Å². The first kappa shape index (κ1) is 18.3. The van der Waals surface area contributed by atoms with Crippen molar-refractivity contribution in [1.29, 1.82) is 0 Å². The summed E-state index contributed by atoms with van der Waals surface area (Å²) < 4.78 is 41.5. The van der Waals surface area contributed by atoms with Crippen LogP contribution in [0.5, 0.6) is 0 Å². The summed E-state index contributed by atoms with van der Waals surface area (Å²) in [6.07, 6.45) is 0.607. The van der Waals surface area contributed by atoms with Gasteiger partial charge in [0.05, 0.1) is 0 Å². The lowest BCUT2D eigenvalue weighted by Gasteiger charge is -2.35. The standard InChI is InChI=1S/C16H26F3N3O/c1-11-4-5-13(12(2)10-11)20-7-6-15(23,16(17,18)19)14-21-8-9-22(14)3/h8-9,11-13,20,23H,4-7,10H2,1-3H3. The van der Waals surface area contributed by atoms with E-state index < -0.39 is 18.2 Å². The summed E-state index contributed by atoms with van der Waals surface area (Å²) in [4.78, 5) is 3.71. The molecule has 4 nitrogen and oxygen atoms in total. The van der Waals surface area contributed by atoms with Gasteiger partial charge in [0, 0.05) is 31.9 Å². The summed E-state index contributed by atoms with van der Waals surface area (Å²) in [5.74, 6) is 0.741. The fraction of sp³-hybridized carbons (Fsp3) is 0.812. The lowest BCUT2D eigenvalue weighted by atomic mass is 9.80. The van der Waals surface area contributed by atoms with E-state index in [0.29, 0.717) is 11.8 Å². The molecule has 0 bridgehead atoms. The van der Waals surface area contributed by atoms with E-state index in [4.69, 9.17) is 0 Å². The minimum Gasteiger partial charge on any atom is -0.374 e. The van der Waals surface area contributed by atoms with Crippen LogP contribution < -0.4 is 5.32 Å². The molecule has 1 saturated carbocycles. The number of imidazole rings is 1. The SMILES string of the molecule is CC1CCC(NCCC(O)(c2nccn2C)C(F)(F)F)C(C)C1. The lowest BCUT2D eigenvalue weighted by Crippen LogP contribution is -2.48. The molecule has 1 aromatic rings. The highest BCUT2D eigenvalue weighted by Gasteiger charge is 2.57. The third kappa shape index (κ3) is 3.88. The van der Waals surface area contributed by atoms with Crippen LogP contribution in [0.25, 0.3) is 0 Å². The average Bonchev–Trinajstić information content (AvgIpc) is 2.86. The molecule has 0 spiro atoms. The molecule has 0 aliphatic heterocycles. The largest absolute Gasteiger partial charge is 0.424 e. The van der Waals surface area contributed by atoms with E-state index in [2.05, 4.69) is 24.1 Å². The number of aliphatic hydroxyl groups is 1. The van der Waals surface area contributed by atoms with Crippen LogP contribution in [0, 0.1) is 11.8 Å². The predicted molar refractivity (Wildman–Crippen MR) is 81.7 cm³/mol. The maximum atomic E-state index is 13.4. The molecule has 4 unspecified atom stereocenters. The summed E-state index contributed by atoms with van der Waals surface area (Å²) in [6, 6.07) is 0.213. The Labute approximate surface area is 135 Å². The number of hydrogen-bond acceptors (Lipinski definition) is 3. The Morgan fingerprint density at radius 1 is 1.35 bits per heavy atom. The second kappa shape index (κ2) is 6.81. The highest BCUT2D eigenvalue weighted by molar-refractivity contribution is 5.08. The summed E-state index contributed by atoms with van der Waals surface area (Å²) in [5.41, 5.74) is -2.93. The monoisotopic (exact) mass is 333 g/mol. The van der Waals surface area contributed by atoms with Crippen molar-refractivity contribution in [3.05, 3.63) is 18.2 Å². The maximum Gasteiger partial charge on any atom is 0.424 e. The molecular weight excluding hydrogens is 307 g/mol. The zero-order valence-corrected chi connectivity index (χ0v) is 13.9. The van der Waals surface area contributed by atoms with Crippen molar-refractivity contribution in [1.82, 2.24) is 14.9 Å². The first-order valence-electron chi connectivity index (χ1n) is 8.15. The minimum atomic E-state index is -4.76. The Morgan fingerprint density at radius 3 is 2.57 bits per heavy atom. The van der Waals surface area contributed by atoms with Gasteiger partial charge in [-0.1, -0.05) is 13.8 Å². The van der Waals surface area contributed by atoms with E-state index in [1.54, 1.807) is 0 Å². The smallest absolute Gasteiger partial charge is 0.374 e. The third-order valence-corrected chi connectivity index (χ3v) is 4.98. The van der Waals surface area contributed by atoms with Crippen molar-refractivity contribution in [2.24, 2.45) is 18.9 Å². The summed E-state index contributed by atoms with van der Waals surface area (Å²) in [7, 11) is 1.46. The first-order valence-corrected chi connectivity index (χ1v) is 8.15. The molecule has 7 heteroatoms. The number of alkyl halides is 3. The van der Waals surface area contributed by atoms with Gasteiger partial charge in [0.1, 0.15) is 5.82 Å². The number of nitrogens with one attached hydrogen (secondary N) is 1. The normalized spacial score (nSPS) is 28.6. The van der Waals surface area contributed by atoms with Gasteiger partial charge in [-0.05, 0) is 37.6 Å². The fourth-order valence-electron chi connectivity index (χ4n) is 3.55. The first-order chi connectivity index (χ1) is 10.6. The van der Waals surface area contributed by atoms with Gasteiger partial charge in [-0.2, -0.15) is 13.2 Å². The van der Waals surface area contributed by atoms with Crippen molar-refractivity contribution >= 4 is 0 Å². The molecule has 0 radical (unpaired) electrons. The second-order valence-electron chi connectivity index (χ2n) is 6.93. The van der Waals surface area contributed by atoms with Crippen molar-refractivity contribution in [2.45, 2.75) is 57.3 Å². The highest BCUT2D eigenvalue weighted by atomic mass is 19.4. The van der Waals surface area contributed by atoms with Crippen LogP contribution in [0.2, 0.25) is 0 Å². The number of aromatic nitrogens is 2. The van der Waals surface area contributed by atoms with Gasteiger partial charge < -0.3 is 15.0 Å². The molecule has 23 heavy (non-hydrogen) atoms. The van der Waals surface area contributed by atoms with Gasteiger partial charge >= 0.3 is 6.18 Å². The maximum absolute atomic E-state index is 13.4. The molecule has 4 atom stereocenters. The van der Waals surface area contributed by atoms with Crippen molar-refractivity contribution in [3.8, 4) is 0 Å². The van der Waals surface area contributed by atoms with Gasteiger partial charge in [0.15, 0.2) is 0 Å². The van der Waals surface area contributed by atoms with Crippen LogP contribution in [-0.2, 0) is 12.6 Å². The molecule has 0 aromatic carbocycles. The Balaban J connectivity index is 2.02. The van der Waals surface area contributed by atoms with E-state index in [1.807, 2.05) is 0 Å². The summed E-state index contributed by atoms with van der Waals surface area (Å²) in [5, 5.41) is 13.5. The van der Waals surface area contributed by atoms with Gasteiger partial charge in [-0.25, -0.2) is 4.98 Å². The number of nitrogens with zero attached hydrogens (tertiary/aromatic N) is 2.